The van der Waals surface area contributed by atoms with E-state index in [0.717, 1.165) is 36.8 Å². The van der Waals surface area contributed by atoms with Crippen molar-refractivity contribution >= 4 is 5.57 Å². The Morgan fingerprint density at radius 2 is 1.75 bits per heavy atom. The van der Waals surface area contributed by atoms with Gasteiger partial charge in [0.1, 0.15) is 18.5 Å². The van der Waals surface area contributed by atoms with E-state index in [-0.39, 0.29) is 19.3 Å². The third-order valence-corrected chi connectivity index (χ3v) is 5.11. The molecule has 158 valence electrons. The quantitative estimate of drug-likeness (QED) is 0.366. The van der Waals surface area contributed by atoms with Gasteiger partial charge >= 0.3 is 0 Å². The molecule has 1 saturated heterocycles. The summed E-state index contributed by atoms with van der Waals surface area (Å²) in [7, 11) is 0. The van der Waals surface area contributed by atoms with Crippen molar-refractivity contribution in [2.24, 2.45) is 0 Å². The maximum atomic E-state index is 8.84. The molecule has 0 spiro atoms. The van der Waals surface area contributed by atoms with Gasteiger partial charge in [-0.15, -0.1) is 0 Å². The van der Waals surface area contributed by atoms with Crippen LogP contribution in [0.15, 0.2) is 30.8 Å². The predicted molar refractivity (Wildman–Crippen MR) is 111 cm³/mol. The summed E-state index contributed by atoms with van der Waals surface area (Å²) in [5, 5.41) is 8.84. The molecule has 1 aromatic rings. The summed E-state index contributed by atoms with van der Waals surface area (Å²) in [6, 6.07) is 7.59. The molecule has 28 heavy (non-hydrogen) atoms. The van der Waals surface area contributed by atoms with Crippen LogP contribution in [0.2, 0.25) is 0 Å². The molecule has 2 rings (SSSR count). The molecule has 5 nitrogen and oxygen atoms in total. The number of hydrogen-bond donors (Lipinski definition) is 1. The lowest BCUT2D eigenvalue weighted by atomic mass is 9.99. The van der Waals surface area contributed by atoms with E-state index in [0.29, 0.717) is 12.4 Å². The van der Waals surface area contributed by atoms with Gasteiger partial charge in [0, 0.05) is 12.8 Å². The zero-order chi connectivity index (χ0) is 20.2. The van der Waals surface area contributed by atoms with E-state index in [1.165, 1.54) is 25.7 Å². The smallest absolute Gasteiger partial charge is 0.201 e. The Balaban J connectivity index is 1.92. The lowest BCUT2D eigenvalue weighted by Crippen LogP contribution is -2.45. The number of ether oxygens (including phenoxy) is 2. The lowest BCUT2D eigenvalue weighted by Gasteiger charge is -2.39. The molecule has 0 aliphatic carbocycles. The molecule has 1 fully saturated rings. The average Bonchev–Trinajstić information content (AvgIpc) is 2.73. The summed E-state index contributed by atoms with van der Waals surface area (Å²) in [5.41, 5.74) is 1.78. The van der Waals surface area contributed by atoms with Crippen LogP contribution in [0.25, 0.3) is 5.57 Å². The highest BCUT2D eigenvalue weighted by Crippen LogP contribution is 2.35. The van der Waals surface area contributed by atoms with Gasteiger partial charge in [0.15, 0.2) is 0 Å². The van der Waals surface area contributed by atoms with Gasteiger partial charge < -0.3 is 14.6 Å². The van der Waals surface area contributed by atoms with E-state index < -0.39 is 5.79 Å². The van der Waals surface area contributed by atoms with E-state index in [1.54, 1.807) is 0 Å². The van der Waals surface area contributed by atoms with Crippen molar-refractivity contribution in [1.82, 2.24) is 0 Å². The minimum absolute atomic E-state index is 0.00267. The Kier molecular flexibility index (Phi) is 9.99. The fourth-order valence-electron chi connectivity index (χ4n) is 3.34. The van der Waals surface area contributed by atoms with Gasteiger partial charge in [-0.1, -0.05) is 58.2 Å². The van der Waals surface area contributed by atoms with Crippen LogP contribution in [0.1, 0.15) is 70.8 Å². The minimum atomic E-state index is -0.622. The highest BCUT2D eigenvalue weighted by molar-refractivity contribution is 5.67. The molecule has 1 aromatic carbocycles. The molecule has 0 bridgehead atoms. The van der Waals surface area contributed by atoms with Crippen LogP contribution in [0, 0.1) is 0 Å². The van der Waals surface area contributed by atoms with Crippen molar-refractivity contribution in [3.8, 4) is 5.75 Å². The van der Waals surface area contributed by atoms with Crippen LogP contribution in [0.5, 0.6) is 5.75 Å². The Bertz CT molecular complexity index is 549. The first-order valence-electron chi connectivity index (χ1n) is 10.7. The number of hydrogen-bond acceptors (Lipinski definition) is 5. The third kappa shape index (κ3) is 6.89. The number of aliphatic hydroxyl groups is 1. The predicted octanol–water partition coefficient (Wildman–Crippen LogP) is 5.27. The average molecular weight is 393 g/mol. The molecule has 0 aromatic heterocycles. The number of rotatable bonds is 13. The molecule has 0 amide bonds. The number of aliphatic hydroxyl groups excluding tert-OH is 1. The molecule has 0 radical (unpaired) electrons. The fraction of sp³-hybridized carbons (Fsp3) is 0.652. The Morgan fingerprint density at radius 1 is 1.11 bits per heavy atom. The van der Waals surface area contributed by atoms with E-state index in [9.17, 15) is 0 Å². The minimum Gasteiger partial charge on any atom is -0.491 e. The van der Waals surface area contributed by atoms with Gasteiger partial charge in [-0.05, 0) is 36.1 Å². The molecular formula is C23H36O5. The van der Waals surface area contributed by atoms with Crippen molar-refractivity contribution in [3.63, 3.8) is 0 Å². The van der Waals surface area contributed by atoms with Gasteiger partial charge in [0.2, 0.25) is 5.79 Å². The molecule has 1 aliphatic heterocycles. The van der Waals surface area contributed by atoms with E-state index in [2.05, 4.69) is 20.4 Å². The van der Waals surface area contributed by atoms with Crippen LogP contribution >= 0.6 is 0 Å². The second-order valence-electron chi connectivity index (χ2n) is 7.43. The standard InChI is InChI=1S/C23H36O5/c1-4-6-8-14-23(15-9-7-5-2)26-18-22(27-28-23)19(3)20-10-12-21(13-11-20)25-17-16-24/h10-13,22,24H,3-9,14-18H2,1-2H3. The summed E-state index contributed by atoms with van der Waals surface area (Å²) < 4.78 is 11.6. The van der Waals surface area contributed by atoms with Gasteiger partial charge in [-0.2, -0.15) is 0 Å². The molecule has 1 unspecified atom stereocenters. The van der Waals surface area contributed by atoms with Crippen molar-refractivity contribution in [2.45, 2.75) is 77.1 Å². The third-order valence-electron chi connectivity index (χ3n) is 5.11. The maximum absolute atomic E-state index is 8.84. The zero-order valence-electron chi connectivity index (χ0n) is 17.5. The first-order valence-corrected chi connectivity index (χ1v) is 10.7. The summed E-state index contributed by atoms with van der Waals surface area (Å²) >= 11 is 0. The maximum Gasteiger partial charge on any atom is 0.201 e. The normalized spacial score (nSPS) is 18.8. The van der Waals surface area contributed by atoms with E-state index in [1.807, 2.05) is 24.3 Å². The Hall–Kier alpha value is -1.40. The van der Waals surface area contributed by atoms with E-state index >= 15 is 0 Å². The van der Waals surface area contributed by atoms with Crippen LogP contribution < -0.4 is 4.74 Å². The van der Waals surface area contributed by atoms with Crippen molar-refractivity contribution < 1.29 is 24.4 Å². The van der Waals surface area contributed by atoms with Gasteiger partial charge in [0.25, 0.3) is 0 Å². The van der Waals surface area contributed by atoms with Crippen molar-refractivity contribution in [2.75, 3.05) is 19.8 Å². The molecule has 1 atom stereocenters. The lowest BCUT2D eigenvalue weighted by molar-refractivity contribution is -0.481. The fourth-order valence-corrected chi connectivity index (χ4v) is 3.34. The SMILES string of the molecule is C=C(c1ccc(OCCO)cc1)C1COC(CCCCC)(CCCCC)OO1. The molecular weight excluding hydrogens is 356 g/mol. The molecule has 0 saturated carbocycles. The number of unbranched alkanes of at least 4 members (excludes halogenated alkanes) is 4. The van der Waals surface area contributed by atoms with Crippen LogP contribution in [0.3, 0.4) is 0 Å². The van der Waals surface area contributed by atoms with Gasteiger partial charge in [-0.3, -0.25) is 0 Å². The largest absolute Gasteiger partial charge is 0.491 e. The summed E-state index contributed by atoms with van der Waals surface area (Å²) in [6.07, 6.45) is 8.23. The summed E-state index contributed by atoms with van der Waals surface area (Å²) in [4.78, 5) is 11.6. The van der Waals surface area contributed by atoms with Crippen molar-refractivity contribution in [3.05, 3.63) is 36.4 Å². The van der Waals surface area contributed by atoms with Crippen molar-refractivity contribution in [1.29, 1.82) is 0 Å². The van der Waals surface area contributed by atoms with E-state index in [4.69, 9.17) is 24.4 Å². The van der Waals surface area contributed by atoms with Crippen LogP contribution in [-0.4, -0.2) is 36.8 Å². The molecule has 1 aliphatic rings. The molecule has 5 heteroatoms. The topological polar surface area (TPSA) is 57.2 Å². The second kappa shape index (κ2) is 12.2. The highest BCUT2D eigenvalue weighted by Gasteiger charge is 2.39. The summed E-state index contributed by atoms with van der Waals surface area (Å²) in [5.74, 6) is 0.0943. The van der Waals surface area contributed by atoms with Gasteiger partial charge in [-0.25, -0.2) is 9.78 Å². The monoisotopic (exact) mass is 392 g/mol. The Labute approximate surface area is 169 Å². The first kappa shape index (κ1) is 22.9. The first-order chi connectivity index (χ1) is 13.6. The van der Waals surface area contributed by atoms with Gasteiger partial charge in [0.05, 0.1) is 13.2 Å². The Morgan fingerprint density at radius 3 is 2.25 bits per heavy atom. The molecule has 1 N–H and O–H groups in total. The van der Waals surface area contributed by atoms with Crippen LogP contribution in [-0.2, 0) is 14.5 Å². The van der Waals surface area contributed by atoms with Crippen LogP contribution in [0.4, 0.5) is 0 Å². The molecule has 1 heterocycles. The zero-order valence-corrected chi connectivity index (χ0v) is 17.5. The summed E-state index contributed by atoms with van der Waals surface area (Å²) in [6.45, 7) is 9.29. The highest BCUT2D eigenvalue weighted by atomic mass is 17.2. The second-order valence-corrected chi connectivity index (χ2v) is 7.43. The number of benzene rings is 1.